The Hall–Kier alpha value is 0.400. The quantitative estimate of drug-likeness (QED) is 0.331. The van der Waals surface area contributed by atoms with E-state index < -0.39 is 3.68 Å². The van der Waals surface area contributed by atoms with E-state index in [1.807, 2.05) is 0 Å². The Bertz CT molecular complexity index is 308. The van der Waals surface area contributed by atoms with Crippen LogP contribution in [0.2, 0.25) is 0 Å². The zero-order valence-electron chi connectivity index (χ0n) is 9.72. The van der Waals surface area contributed by atoms with E-state index in [9.17, 15) is 4.39 Å². The molecule has 0 nitrogen and oxygen atoms in total. The van der Waals surface area contributed by atoms with Crippen molar-refractivity contribution in [1.82, 2.24) is 0 Å². The monoisotopic (exact) mass is 334 g/mol. The first kappa shape index (κ1) is 11.5. The number of alkyl halides is 2. The van der Waals surface area contributed by atoms with Gasteiger partial charge in [0.05, 0.1) is 0 Å². The molecule has 0 amide bonds. The molecule has 0 aromatic carbocycles. The van der Waals surface area contributed by atoms with Gasteiger partial charge in [-0.15, -0.1) is 0 Å². The van der Waals surface area contributed by atoms with Crippen LogP contribution in [0.25, 0.3) is 0 Å². The first-order chi connectivity index (χ1) is 7.70. The second-order valence-electron chi connectivity index (χ2n) is 5.73. The van der Waals surface area contributed by atoms with Gasteiger partial charge in [-0.05, 0) is 73.0 Å². The molecule has 2 heteroatoms. The Morgan fingerprint density at radius 3 is 2.69 bits per heavy atom. The molecule has 0 aromatic rings. The lowest BCUT2D eigenvalue weighted by Crippen LogP contribution is -2.50. The number of fused-ring (bicyclic) bond motifs is 4. The van der Waals surface area contributed by atoms with E-state index in [0.717, 1.165) is 12.8 Å². The minimum absolute atomic E-state index is 0.347. The third-order valence-corrected chi connectivity index (χ3v) is 6.09. The van der Waals surface area contributed by atoms with Gasteiger partial charge in [0.2, 0.25) is 0 Å². The number of allylic oxidation sites excluding steroid dienone is 2. The summed E-state index contributed by atoms with van der Waals surface area (Å²) in [7, 11) is 0. The summed E-state index contributed by atoms with van der Waals surface area (Å²) in [5.41, 5.74) is 1.64. The maximum absolute atomic E-state index is 14.7. The topological polar surface area (TPSA) is 0 Å². The third-order valence-electron chi connectivity index (χ3n) is 4.84. The summed E-state index contributed by atoms with van der Waals surface area (Å²) in [6.45, 7) is 0. The van der Waals surface area contributed by atoms with Crippen LogP contribution < -0.4 is 0 Å². The van der Waals surface area contributed by atoms with Crippen molar-refractivity contribution < 1.29 is 4.39 Å². The van der Waals surface area contributed by atoms with Gasteiger partial charge in [0, 0.05) is 5.92 Å². The molecule has 4 atom stereocenters. The molecule has 90 valence electrons. The molecule has 0 saturated heterocycles. The highest BCUT2D eigenvalue weighted by atomic mass is 127. The van der Waals surface area contributed by atoms with Crippen molar-refractivity contribution in [3.63, 3.8) is 0 Å². The van der Waals surface area contributed by atoms with Crippen molar-refractivity contribution in [3.05, 3.63) is 11.6 Å². The smallest absolute Gasteiger partial charge is 0.165 e. The molecule has 2 fully saturated rings. The van der Waals surface area contributed by atoms with Gasteiger partial charge in [-0.25, -0.2) is 4.39 Å². The molecule has 3 aliphatic carbocycles. The SMILES string of the molecule is FC1(I)CCCCC[C@@H]2C3=CCCCC3C21. The van der Waals surface area contributed by atoms with Crippen LogP contribution in [0.1, 0.15) is 51.4 Å². The molecule has 3 rings (SSSR count). The van der Waals surface area contributed by atoms with Crippen LogP contribution in [-0.2, 0) is 0 Å². The van der Waals surface area contributed by atoms with Gasteiger partial charge in [-0.2, -0.15) is 0 Å². The second kappa shape index (κ2) is 4.25. The van der Waals surface area contributed by atoms with E-state index in [0.29, 0.717) is 17.8 Å². The number of halogens is 2. The van der Waals surface area contributed by atoms with E-state index in [-0.39, 0.29) is 0 Å². The van der Waals surface area contributed by atoms with Crippen molar-refractivity contribution in [2.45, 2.75) is 55.0 Å². The lowest BCUT2D eigenvalue weighted by Gasteiger charge is -2.54. The van der Waals surface area contributed by atoms with Gasteiger partial charge in [-0.3, -0.25) is 0 Å². The Morgan fingerprint density at radius 1 is 1.12 bits per heavy atom. The summed E-state index contributed by atoms with van der Waals surface area (Å²) in [4.78, 5) is 0. The molecule has 0 heterocycles. The van der Waals surface area contributed by atoms with Crippen LogP contribution >= 0.6 is 22.6 Å². The number of hydrogen-bond acceptors (Lipinski definition) is 0. The lowest BCUT2D eigenvalue weighted by molar-refractivity contribution is 0.0242. The van der Waals surface area contributed by atoms with E-state index >= 15 is 0 Å². The molecule has 0 aromatic heterocycles. The Kier molecular flexibility index (Phi) is 3.05. The van der Waals surface area contributed by atoms with Gasteiger partial charge in [-0.1, -0.05) is 24.5 Å². The molecule has 3 aliphatic rings. The van der Waals surface area contributed by atoms with Gasteiger partial charge >= 0.3 is 0 Å². The van der Waals surface area contributed by atoms with Crippen LogP contribution in [0.4, 0.5) is 4.39 Å². The van der Waals surface area contributed by atoms with Crippen LogP contribution in [0.5, 0.6) is 0 Å². The first-order valence-corrected chi connectivity index (χ1v) is 7.86. The normalized spacial score (nSPS) is 47.9. The average molecular weight is 334 g/mol. The molecular formula is C14H20FI. The highest BCUT2D eigenvalue weighted by molar-refractivity contribution is 14.1. The fraction of sp³-hybridized carbons (Fsp3) is 0.857. The summed E-state index contributed by atoms with van der Waals surface area (Å²) in [5.74, 6) is 1.56. The van der Waals surface area contributed by atoms with Crippen LogP contribution in [0.3, 0.4) is 0 Å². The standard InChI is InChI=1S/C14H20FI/c15-14(16)9-5-1-2-7-11-10-6-3-4-8-12(10)13(11)14/h6,11-13H,1-5,7-9H2/t11-,12?,13?,14?/m1/s1. The molecule has 0 radical (unpaired) electrons. The largest absolute Gasteiger partial charge is 0.232 e. The van der Waals surface area contributed by atoms with Gasteiger partial charge in [0.1, 0.15) is 0 Å². The maximum Gasteiger partial charge on any atom is 0.165 e. The Morgan fingerprint density at radius 2 is 1.88 bits per heavy atom. The highest BCUT2D eigenvalue weighted by Crippen LogP contribution is 2.61. The average Bonchev–Trinajstić information content (AvgIpc) is 2.21. The number of rotatable bonds is 0. The van der Waals surface area contributed by atoms with Crippen LogP contribution in [0, 0.1) is 17.8 Å². The van der Waals surface area contributed by atoms with E-state index in [2.05, 4.69) is 28.7 Å². The van der Waals surface area contributed by atoms with E-state index in [4.69, 9.17) is 0 Å². The molecule has 3 unspecified atom stereocenters. The van der Waals surface area contributed by atoms with Crippen molar-refractivity contribution in [2.75, 3.05) is 0 Å². The molecular weight excluding hydrogens is 314 g/mol. The summed E-state index contributed by atoms with van der Waals surface area (Å²) in [5, 5.41) is 0. The fourth-order valence-electron chi connectivity index (χ4n) is 4.11. The Balaban J connectivity index is 1.86. The highest BCUT2D eigenvalue weighted by Gasteiger charge is 2.55. The second-order valence-corrected chi connectivity index (χ2v) is 7.53. The van der Waals surface area contributed by atoms with E-state index in [1.165, 1.54) is 38.5 Å². The summed E-state index contributed by atoms with van der Waals surface area (Å²) in [6.07, 6.45) is 11.9. The van der Waals surface area contributed by atoms with Crippen LogP contribution in [0.15, 0.2) is 11.6 Å². The van der Waals surface area contributed by atoms with Crippen molar-refractivity contribution in [1.29, 1.82) is 0 Å². The molecule has 0 bridgehead atoms. The summed E-state index contributed by atoms with van der Waals surface area (Å²) < 4.78 is 13.8. The van der Waals surface area contributed by atoms with Crippen molar-refractivity contribution in [3.8, 4) is 0 Å². The molecule has 0 N–H and O–H groups in total. The molecule has 2 saturated carbocycles. The van der Waals surface area contributed by atoms with Gasteiger partial charge in [0.25, 0.3) is 0 Å². The predicted molar refractivity (Wildman–Crippen MR) is 73.3 cm³/mol. The zero-order valence-corrected chi connectivity index (χ0v) is 11.9. The zero-order chi connectivity index (χ0) is 11.2. The summed E-state index contributed by atoms with van der Waals surface area (Å²) >= 11 is 2.12. The summed E-state index contributed by atoms with van der Waals surface area (Å²) in [6, 6.07) is 0. The number of hydrogen-bond donors (Lipinski definition) is 0. The lowest BCUT2D eigenvalue weighted by atomic mass is 9.53. The fourth-order valence-corrected chi connectivity index (χ4v) is 5.36. The van der Waals surface area contributed by atoms with Crippen molar-refractivity contribution >= 4 is 22.6 Å². The van der Waals surface area contributed by atoms with Gasteiger partial charge < -0.3 is 0 Å². The van der Waals surface area contributed by atoms with E-state index in [1.54, 1.807) is 5.57 Å². The maximum atomic E-state index is 14.7. The Labute approximate surface area is 111 Å². The van der Waals surface area contributed by atoms with Crippen molar-refractivity contribution in [2.24, 2.45) is 17.8 Å². The van der Waals surface area contributed by atoms with Gasteiger partial charge in [0.15, 0.2) is 3.68 Å². The van der Waals surface area contributed by atoms with Crippen LogP contribution in [-0.4, -0.2) is 3.68 Å². The molecule has 16 heavy (non-hydrogen) atoms. The molecule has 0 spiro atoms. The minimum atomic E-state index is -0.914. The first-order valence-electron chi connectivity index (χ1n) is 6.78. The minimum Gasteiger partial charge on any atom is -0.232 e. The predicted octanol–water partition coefficient (Wildman–Crippen LogP) is 5.02. The molecule has 0 aliphatic heterocycles. The third kappa shape index (κ3) is 1.75.